The van der Waals surface area contributed by atoms with E-state index < -0.39 is 5.60 Å². The summed E-state index contributed by atoms with van der Waals surface area (Å²) in [6.07, 6.45) is 0.790. The smallest absolute Gasteiger partial charge is 0.422 e. The molecule has 1 rings (SSSR count). The number of amides is 1. The largest absolute Gasteiger partial charge is 0.443 e. The van der Waals surface area contributed by atoms with Crippen molar-refractivity contribution in [1.29, 1.82) is 0 Å². The van der Waals surface area contributed by atoms with Crippen LogP contribution in [-0.2, 0) is 4.74 Å². The van der Waals surface area contributed by atoms with Crippen LogP contribution in [-0.4, -0.2) is 29.8 Å². The number of carbonyl (C=O) groups excluding carboxylic acids is 1. The van der Waals surface area contributed by atoms with Gasteiger partial charge in [0, 0.05) is 13.1 Å². The predicted molar refractivity (Wildman–Crippen MR) is 45.6 cm³/mol. The van der Waals surface area contributed by atoms with Crippen molar-refractivity contribution in [1.82, 2.24) is 10.4 Å². The van der Waals surface area contributed by atoms with E-state index in [0.717, 1.165) is 19.5 Å². The van der Waals surface area contributed by atoms with Crippen LogP contribution in [0.1, 0.15) is 27.2 Å². The molecule has 0 saturated carbocycles. The predicted octanol–water partition coefficient (Wildman–Crippen LogP) is 1.13. The van der Waals surface area contributed by atoms with Gasteiger partial charge in [0.2, 0.25) is 0 Å². The third-order valence-electron chi connectivity index (χ3n) is 1.50. The summed E-state index contributed by atoms with van der Waals surface area (Å²) in [5.41, 5.74) is 2.24. The number of rotatable bonds is 1. The van der Waals surface area contributed by atoms with Crippen molar-refractivity contribution in [2.75, 3.05) is 13.1 Å². The lowest BCUT2D eigenvalue weighted by atomic mass is 10.2. The number of hydrogen-bond donors (Lipinski definition) is 1. The topological polar surface area (TPSA) is 41.6 Å². The lowest BCUT2D eigenvalue weighted by Crippen LogP contribution is -2.51. The van der Waals surface area contributed by atoms with E-state index in [2.05, 4.69) is 5.43 Å². The maximum absolute atomic E-state index is 11.1. The normalized spacial score (nSPS) is 18.2. The van der Waals surface area contributed by atoms with Gasteiger partial charge in [-0.1, -0.05) is 0 Å². The van der Waals surface area contributed by atoms with Crippen LogP contribution in [0.2, 0.25) is 0 Å². The number of hydrogen-bond acceptors (Lipinski definition) is 3. The van der Waals surface area contributed by atoms with Gasteiger partial charge in [-0.2, -0.15) is 0 Å². The van der Waals surface area contributed by atoms with Gasteiger partial charge in [0.05, 0.1) is 0 Å². The van der Waals surface area contributed by atoms with Crippen molar-refractivity contribution in [2.24, 2.45) is 0 Å². The minimum absolute atomic E-state index is 0.359. The molecular weight excluding hydrogens is 156 g/mol. The monoisotopic (exact) mass is 172 g/mol. The van der Waals surface area contributed by atoms with Gasteiger partial charge in [-0.3, -0.25) is 5.43 Å². The minimum atomic E-state index is -0.408. The van der Waals surface area contributed by atoms with Gasteiger partial charge in [0.1, 0.15) is 5.60 Å². The summed E-state index contributed by atoms with van der Waals surface area (Å²) in [7, 11) is 0. The molecule has 1 saturated heterocycles. The Balaban J connectivity index is 2.19. The maximum atomic E-state index is 11.1. The van der Waals surface area contributed by atoms with Gasteiger partial charge >= 0.3 is 6.09 Å². The minimum Gasteiger partial charge on any atom is -0.443 e. The third kappa shape index (κ3) is 3.09. The quantitative estimate of drug-likeness (QED) is 0.644. The Morgan fingerprint density at radius 2 is 2.00 bits per heavy atom. The summed E-state index contributed by atoms with van der Waals surface area (Å²) in [6, 6.07) is 0. The Labute approximate surface area is 72.8 Å². The van der Waals surface area contributed by atoms with Crippen LogP contribution in [0.5, 0.6) is 0 Å². The Hall–Kier alpha value is -0.770. The van der Waals surface area contributed by atoms with Crippen LogP contribution in [0.15, 0.2) is 0 Å². The summed E-state index contributed by atoms with van der Waals surface area (Å²) in [6.45, 7) is 7.41. The number of nitrogens with zero attached hydrogens (tertiary/aromatic N) is 1. The molecule has 0 radical (unpaired) electrons. The van der Waals surface area contributed by atoms with Gasteiger partial charge in [-0.25, -0.2) is 9.80 Å². The fourth-order valence-corrected chi connectivity index (χ4v) is 0.858. The molecule has 4 heteroatoms. The van der Waals surface area contributed by atoms with Crippen LogP contribution in [0.25, 0.3) is 0 Å². The molecular formula is C8H16N2O2. The fraction of sp³-hybridized carbons (Fsp3) is 0.875. The Morgan fingerprint density at radius 1 is 1.42 bits per heavy atom. The first kappa shape index (κ1) is 9.32. The molecule has 0 aliphatic carbocycles. The highest BCUT2D eigenvalue weighted by Crippen LogP contribution is 2.08. The molecule has 4 nitrogen and oxygen atoms in total. The first-order valence-electron chi connectivity index (χ1n) is 4.22. The van der Waals surface area contributed by atoms with Crippen LogP contribution < -0.4 is 5.43 Å². The average Bonchev–Trinajstić information content (AvgIpc) is 1.74. The lowest BCUT2D eigenvalue weighted by molar-refractivity contribution is 0.0209. The molecule has 1 aliphatic rings. The van der Waals surface area contributed by atoms with E-state index in [1.54, 1.807) is 0 Å². The summed E-state index contributed by atoms with van der Waals surface area (Å²) >= 11 is 0. The second-order valence-corrected chi connectivity index (χ2v) is 3.95. The molecule has 0 atom stereocenters. The van der Waals surface area contributed by atoms with Crippen LogP contribution >= 0.6 is 0 Å². The van der Waals surface area contributed by atoms with E-state index >= 15 is 0 Å². The van der Waals surface area contributed by atoms with E-state index in [1.165, 1.54) is 0 Å². The zero-order valence-electron chi connectivity index (χ0n) is 7.89. The number of carbonyl (C=O) groups is 1. The second kappa shape index (κ2) is 3.31. The number of ether oxygens (including phenoxy) is 1. The first-order valence-corrected chi connectivity index (χ1v) is 4.22. The van der Waals surface area contributed by atoms with Gasteiger partial charge in [0.25, 0.3) is 0 Å². The van der Waals surface area contributed by atoms with Crippen molar-refractivity contribution >= 4 is 6.09 Å². The van der Waals surface area contributed by atoms with Crippen LogP contribution in [0.4, 0.5) is 4.79 Å². The van der Waals surface area contributed by atoms with Crippen molar-refractivity contribution in [2.45, 2.75) is 32.8 Å². The van der Waals surface area contributed by atoms with E-state index in [9.17, 15) is 4.79 Å². The molecule has 0 unspecified atom stereocenters. The highest BCUT2D eigenvalue weighted by Gasteiger charge is 2.20. The standard InChI is InChI=1S/C8H16N2O2/c1-8(2,3)12-7(11)9-10-5-4-6-10/h4-6H2,1-3H3,(H,9,11). The molecule has 1 heterocycles. The molecule has 1 aliphatic heterocycles. The number of nitrogens with one attached hydrogen (secondary N) is 1. The molecule has 1 N–H and O–H groups in total. The Kier molecular flexibility index (Phi) is 2.57. The summed E-state index contributed by atoms with van der Waals surface area (Å²) in [5, 5.41) is 1.84. The Bertz CT molecular complexity index is 170. The summed E-state index contributed by atoms with van der Waals surface area (Å²) in [4.78, 5) is 11.1. The molecule has 0 aromatic heterocycles. The zero-order valence-corrected chi connectivity index (χ0v) is 7.89. The van der Waals surface area contributed by atoms with Gasteiger partial charge in [-0.05, 0) is 27.2 Å². The molecule has 0 aromatic rings. The lowest BCUT2D eigenvalue weighted by Gasteiger charge is -2.31. The van der Waals surface area contributed by atoms with Crippen LogP contribution in [0, 0.1) is 0 Å². The van der Waals surface area contributed by atoms with E-state index in [0.29, 0.717) is 0 Å². The molecule has 0 bridgehead atoms. The van der Waals surface area contributed by atoms with Crippen molar-refractivity contribution in [3.63, 3.8) is 0 Å². The molecule has 70 valence electrons. The van der Waals surface area contributed by atoms with E-state index in [4.69, 9.17) is 4.74 Å². The molecule has 12 heavy (non-hydrogen) atoms. The van der Waals surface area contributed by atoms with Crippen molar-refractivity contribution < 1.29 is 9.53 Å². The Morgan fingerprint density at radius 3 is 2.33 bits per heavy atom. The van der Waals surface area contributed by atoms with Gasteiger partial charge < -0.3 is 4.74 Å². The molecule has 1 amide bonds. The second-order valence-electron chi connectivity index (χ2n) is 3.95. The zero-order chi connectivity index (χ0) is 9.19. The summed E-state index contributed by atoms with van der Waals surface area (Å²) < 4.78 is 5.05. The fourth-order valence-electron chi connectivity index (χ4n) is 0.858. The highest BCUT2D eigenvalue weighted by atomic mass is 16.6. The van der Waals surface area contributed by atoms with Crippen LogP contribution in [0.3, 0.4) is 0 Å². The van der Waals surface area contributed by atoms with Gasteiger partial charge in [0.15, 0.2) is 0 Å². The highest BCUT2D eigenvalue weighted by molar-refractivity contribution is 5.67. The maximum Gasteiger partial charge on any atom is 0.422 e. The van der Waals surface area contributed by atoms with E-state index in [-0.39, 0.29) is 6.09 Å². The summed E-state index contributed by atoms with van der Waals surface area (Å²) in [5.74, 6) is 0. The molecule has 0 spiro atoms. The van der Waals surface area contributed by atoms with Gasteiger partial charge in [-0.15, -0.1) is 0 Å². The number of hydrazine groups is 1. The third-order valence-corrected chi connectivity index (χ3v) is 1.50. The molecule has 1 fully saturated rings. The molecule has 0 aromatic carbocycles. The SMILES string of the molecule is CC(C)(C)OC(=O)NN1CCC1. The first-order chi connectivity index (χ1) is 5.47. The van der Waals surface area contributed by atoms with Crippen molar-refractivity contribution in [3.8, 4) is 0 Å². The van der Waals surface area contributed by atoms with E-state index in [1.807, 2.05) is 25.8 Å². The van der Waals surface area contributed by atoms with Crippen molar-refractivity contribution in [3.05, 3.63) is 0 Å². The average molecular weight is 172 g/mol.